The quantitative estimate of drug-likeness (QED) is 0.790. The van der Waals surface area contributed by atoms with Crippen molar-refractivity contribution in [3.8, 4) is 0 Å². The molecule has 0 aliphatic carbocycles. The van der Waals surface area contributed by atoms with E-state index in [1.165, 1.54) is 17.7 Å². The van der Waals surface area contributed by atoms with Crippen LogP contribution in [-0.2, 0) is 20.0 Å². The maximum atomic E-state index is 4.45. The van der Waals surface area contributed by atoms with Gasteiger partial charge in [0.1, 0.15) is 0 Å². The molecular formula is C14H27N3. The molecule has 3 nitrogen and oxygen atoms in total. The second-order valence-electron chi connectivity index (χ2n) is 5.49. The van der Waals surface area contributed by atoms with Crippen molar-refractivity contribution >= 4 is 0 Å². The fraction of sp³-hybridized carbons (Fsp3) is 0.786. The van der Waals surface area contributed by atoms with Crippen LogP contribution in [0.25, 0.3) is 0 Å². The Balaban J connectivity index is 2.35. The van der Waals surface area contributed by atoms with E-state index in [9.17, 15) is 0 Å². The minimum atomic E-state index is 0.747. The molecular weight excluding hydrogens is 210 g/mol. The van der Waals surface area contributed by atoms with Gasteiger partial charge in [-0.05, 0) is 31.2 Å². The van der Waals surface area contributed by atoms with Crippen molar-refractivity contribution in [3.63, 3.8) is 0 Å². The lowest BCUT2D eigenvalue weighted by Crippen LogP contribution is -2.22. The van der Waals surface area contributed by atoms with Crippen molar-refractivity contribution in [2.24, 2.45) is 18.9 Å². The third-order valence-electron chi connectivity index (χ3n) is 3.01. The van der Waals surface area contributed by atoms with Crippen LogP contribution in [0.15, 0.2) is 6.20 Å². The third kappa shape index (κ3) is 4.90. The Kier molecular flexibility index (Phi) is 5.69. The summed E-state index contributed by atoms with van der Waals surface area (Å²) < 4.78 is 1.91. The lowest BCUT2D eigenvalue weighted by Gasteiger charge is -2.14. The summed E-state index contributed by atoms with van der Waals surface area (Å²) in [7, 11) is 1.99. The van der Waals surface area contributed by atoms with Crippen LogP contribution in [0.4, 0.5) is 0 Å². The maximum Gasteiger partial charge on any atom is 0.0666 e. The molecule has 1 aromatic rings. The predicted molar refractivity (Wildman–Crippen MR) is 72.9 cm³/mol. The summed E-state index contributed by atoms with van der Waals surface area (Å²) in [5.74, 6) is 1.54. The van der Waals surface area contributed by atoms with Gasteiger partial charge in [-0.2, -0.15) is 5.10 Å². The van der Waals surface area contributed by atoms with Crippen LogP contribution in [0.2, 0.25) is 0 Å². The molecule has 98 valence electrons. The molecule has 1 heterocycles. The standard InChI is InChI=1S/C14H27N3/c1-6-14-13(10-17(5)16-14)9-15-8-12(4)7-11(2)3/h10-12,15H,6-9H2,1-5H3. The van der Waals surface area contributed by atoms with Crippen molar-refractivity contribution in [2.45, 2.75) is 47.1 Å². The first-order valence-corrected chi connectivity index (χ1v) is 6.75. The van der Waals surface area contributed by atoms with Crippen LogP contribution in [0.5, 0.6) is 0 Å². The highest BCUT2D eigenvalue weighted by Crippen LogP contribution is 2.11. The molecule has 1 atom stereocenters. The van der Waals surface area contributed by atoms with E-state index in [4.69, 9.17) is 0 Å². The largest absolute Gasteiger partial charge is 0.312 e. The zero-order chi connectivity index (χ0) is 12.8. The van der Waals surface area contributed by atoms with Gasteiger partial charge >= 0.3 is 0 Å². The van der Waals surface area contributed by atoms with Crippen LogP contribution in [0.3, 0.4) is 0 Å². The molecule has 1 N–H and O–H groups in total. The fourth-order valence-corrected chi connectivity index (χ4v) is 2.37. The van der Waals surface area contributed by atoms with Crippen LogP contribution in [0, 0.1) is 11.8 Å². The number of rotatable bonds is 7. The molecule has 0 fully saturated rings. The van der Waals surface area contributed by atoms with Gasteiger partial charge in [-0.25, -0.2) is 0 Å². The SMILES string of the molecule is CCc1nn(C)cc1CNCC(C)CC(C)C. The predicted octanol–water partition coefficient (Wildman–Crippen LogP) is 2.75. The smallest absolute Gasteiger partial charge is 0.0666 e. The van der Waals surface area contributed by atoms with Gasteiger partial charge in [-0.1, -0.05) is 27.7 Å². The first-order chi connectivity index (χ1) is 8.02. The van der Waals surface area contributed by atoms with Crippen molar-refractivity contribution in [1.82, 2.24) is 15.1 Å². The minimum absolute atomic E-state index is 0.747. The lowest BCUT2D eigenvalue weighted by atomic mass is 9.99. The summed E-state index contributed by atoms with van der Waals surface area (Å²) in [5.41, 5.74) is 2.56. The zero-order valence-electron chi connectivity index (χ0n) is 12.0. The highest BCUT2D eigenvalue weighted by atomic mass is 15.3. The first kappa shape index (κ1) is 14.2. The van der Waals surface area contributed by atoms with E-state index in [-0.39, 0.29) is 0 Å². The molecule has 0 aromatic carbocycles. The second kappa shape index (κ2) is 6.80. The summed E-state index contributed by atoms with van der Waals surface area (Å²) in [5, 5.41) is 7.99. The van der Waals surface area contributed by atoms with Crippen LogP contribution < -0.4 is 5.32 Å². The molecule has 3 heteroatoms. The van der Waals surface area contributed by atoms with E-state index in [0.29, 0.717) is 0 Å². The number of hydrogen-bond acceptors (Lipinski definition) is 2. The van der Waals surface area contributed by atoms with E-state index < -0.39 is 0 Å². The van der Waals surface area contributed by atoms with Crippen molar-refractivity contribution in [2.75, 3.05) is 6.54 Å². The number of nitrogens with one attached hydrogen (secondary N) is 1. The third-order valence-corrected chi connectivity index (χ3v) is 3.01. The van der Waals surface area contributed by atoms with Gasteiger partial charge in [-0.15, -0.1) is 0 Å². The Hall–Kier alpha value is -0.830. The van der Waals surface area contributed by atoms with Gasteiger partial charge in [0.25, 0.3) is 0 Å². The lowest BCUT2D eigenvalue weighted by molar-refractivity contribution is 0.413. The molecule has 0 bridgehead atoms. The summed E-state index contributed by atoms with van der Waals surface area (Å²) in [6.07, 6.45) is 4.43. The van der Waals surface area contributed by atoms with Crippen LogP contribution in [-0.4, -0.2) is 16.3 Å². The van der Waals surface area contributed by atoms with Crippen LogP contribution >= 0.6 is 0 Å². The minimum Gasteiger partial charge on any atom is -0.312 e. The first-order valence-electron chi connectivity index (χ1n) is 6.75. The average molecular weight is 237 g/mol. The number of aryl methyl sites for hydroxylation is 2. The van der Waals surface area contributed by atoms with Crippen molar-refractivity contribution in [1.29, 1.82) is 0 Å². The second-order valence-corrected chi connectivity index (χ2v) is 5.49. The fourth-order valence-electron chi connectivity index (χ4n) is 2.37. The Morgan fingerprint density at radius 3 is 2.65 bits per heavy atom. The number of nitrogens with zero attached hydrogens (tertiary/aromatic N) is 2. The van der Waals surface area contributed by atoms with Gasteiger partial charge in [-0.3, -0.25) is 4.68 Å². The molecule has 0 saturated carbocycles. The monoisotopic (exact) mass is 237 g/mol. The van der Waals surface area contributed by atoms with E-state index in [1.807, 2.05) is 11.7 Å². The number of aromatic nitrogens is 2. The molecule has 0 spiro atoms. The molecule has 1 rings (SSSR count). The summed E-state index contributed by atoms with van der Waals surface area (Å²) in [4.78, 5) is 0. The molecule has 0 amide bonds. The highest BCUT2D eigenvalue weighted by molar-refractivity contribution is 5.16. The van der Waals surface area contributed by atoms with E-state index in [2.05, 4.69) is 44.3 Å². The Morgan fingerprint density at radius 1 is 1.35 bits per heavy atom. The Morgan fingerprint density at radius 2 is 2.06 bits per heavy atom. The summed E-state index contributed by atoms with van der Waals surface area (Å²) in [6, 6.07) is 0. The van der Waals surface area contributed by atoms with E-state index >= 15 is 0 Å². The number of hydrogen-bond donors (Lipinski definition) is 1. The topological polar surface area (TPSA) is 29.9 Å². The molecule has 0 saturated heterocycles. The summed E-state index contributed by atoms with van der Waals surface area (Å²) in [6.45, 7) is 11.1. The normalized spacial score (nSPS) is 13.3. The van der Waals surface area contributed by atoms with Gasteiger partial charge < -0.3 is 5.32 Å². The van der Waals surface area contributed by atoms with Gasteiger partial charge in [0.15, 0.2) is 0 Å². The molecule has 0 aliphatic heterocycles. The average Bonchev–Trinajstić information content (AvgIpc) is 2.57. The highest BCUT2D eigenvalue weighted by Gasteiger charge is 2.07. The van der Waals surface area contributed by atoms with Gasteiger partial charge in [0, 0.05) is 25.4 Å². The van der Waals surface area contributed by atoms with E-state index in [0.717, 1.165) is 31.3 Å². The zero-order valence-corrected chi connectivity index (χ0v) is 12.0. The summed E-state index contributed by atoms with van der Waals surface area (Å²) >= 11 is 0. The van der Waals surface area contributed by atoms with E-state index in [1.54, 1.807) is 0 Å². The molecule has 17 heavy (non-hydrogen) atoms. The molecule has 1 unspecified atom stereocenters. The van der Waals surface area contributed by atoms with Gasteiger partial charge in [0.2, 0.25) is 0 Å². The van der Waals surface area contributed by atoms with Crippen molar-refractivity contribution in [3.05, 3.63) is 17.5 Å². The van der Waals surface area contributed by atoms with Crippen LogP contribution in [0.1, 0.15) is 45.4 Å². The van der Waals surface area contributed by atoms with Gasteiger partial charge in [0.05, 0.1) is 5.69 Å². The molecule has 0 radical (unpaired) electrons. The molecule has 0 aliphatic rings. The van der Waals surface area contributed by atoms with Crippen molar-refractivity contribution < 1.29 is 0 Å². The Labute approximate surface area is 106 Å². The molecule has 1 aromatic heterocycles. The maximum absolute atomic E-state index is 4.45. The Bertz CT molecular complexity index is 328.